The van der Waals surface area contributed by atoms with E-state index in [1.165, 1.54) is 6.92 Å². The van der Waals surface area contributed by atoms with Gasteiger partial charge in [0.1, 0.15) is 5.76 Å². The molecule has 7 heteroatoms. The van der Waals surface area contributed by atoms with Crippen LogP contribution in [0.3, 0.4) is 0 Å². The largest absolute Gasteiger partial charge is 0.360 e. The molecule has 1 N–H and O–H groups in total. The Hall–Kier alpha value is -2.34. The van der Waals surface area contributed by atoms with Crippen molar-refractivity contribution in [1.82, 2.24) is 10.1 Å². The summed E-state index contributed by atoms with van der Waals surface area (Å²) in [6.07, 6.45) is 0.163. The van der Waals surface area contributed by atoms with Crippen LogP contribution in [0.5, 0.6) is 0 Å². The molecule has 0 atom stereocenters. The van der Waals surface area contributed by atoms with Crippen LogP contribution in [0, 0.1) is 6.92 Å². The molecule has 0 bridgehead atoms. The van der Waals surface area contributed by atoms with Crippen molar-refractivity contribution < 1.29 is 14.1 Å². The van der Waals surface area contributed by atoms with Crippen molar-refractivity contribution in [2.75, 3.05) is 11.9 Å². The molecular weight excluding hydrogens is 318 g/mol. The zero-order valence-electron chi connectivity index (χ0n) is 13.0. The van der Waals surface area contributed by atoms with Crippen LogP contribution in [0.4, 0.5) is 5.82 Å². The summed E-state index contributed by atoms with van der Waals surface area (Å²) >= 11 is 6.11. The summed E-state index contributed by atoms with van der Waals surface area (Å²) in [6, 6.07) is 8.95. The van der Waals surface area contributed by atoms with Crippen molar-refractivity contribution in [3.05, 3.63) is 46.7 Å². The Balaban J connectivity index is 1.91. The van der Waals surface area contributed by atoms with Gasteiger partial charge in [-0.1, -0.05) is 35.0 Å². The molecule has 0 aliphatic rings. The number of hydrogen-bond acceptors (Lipinski definition) is 4. The smallest absolute Gasteiger partial charge is 0.227 e. The lowest BCUT2D eigenvalue weighted by molar-refractivity contribution is -0.129. The highest BCUT2D eigenvalue weighted by molar-refractivity contribution is 6.31. The number of aryl methyl sites for hydroxylation is 1. The normalized spacial score (nSPS) is 10.4. The van der Waals surface area contributed by atoms with E-state index in [2.05, 4.69) is 10.5 Å². The van der Waals surface area contributed by atoms with Crippen LogP contribution in [-0.2, 0) is 16.1 Å². The summed E-state index contributed by atoms with van der Waals surface area (Å²) in [5.41, 5.74) is 0.844. The number of carbonyl (C=O) groups excluding carboxylic acids is 2. The van der Waals surface area contributed by atoms with Gasteiger partial charge in [0.15, 0.2) is 5.82 Å². The number of halogens is 1. The number of nitrogens with one attached hydrogen (secondary N) is 1. The Morgan fingerprint density at radius 2 is 2.09 bits per heavy atom. The highest BCUT2D eigenvalue weighted by Crippen LogP contribution is 2.17. The lowest BCUT2D eigenvalue weighted by Gasteiger charge is -2.21. The maximum absolute atomic E-state index is 11.9. The first kappa shape index (κ1) is 17.0. The van der Waals surface area contributed by atoms with Gasteiger partial charge in [0.05, 0.1) is 0 Å². The summed E-state index contributed by atoms with van der Waals surface area (Å²) in [6.45, 7) is 3.87. The van der Waals surface area contributed by atoms with Gasteiger partial charge in [-0.15, -0.1) is 0 Å². The lowest BCUT2D eigenvalue weighted by Crippen LogP contribution is -2.31. The number of anilines is 1. The molecule has 0 aliphatic carbocycles. The summed E-state index contributed by atoms with van der Waals surface area (Å²) < 4.78 is 4.88. The molecule has 0 saturated heterocycles. The second-order valence-electron chi connectivity index (χ2n) is 5.15. The predicted octanol–water partition coefficient (Wildman–Crippen LogP) is 3.01. The van der Waals surface area contributed by atoms with Crippen molar-refractivity contribution in [3.8, 4) is 0 Å². The lowest BCUT2D eigenvalue weighted by atomic mass is 10.2. The number of amides is 2. The Kier molecular flexibility index (Phi) is 5.76. The summed E-state index contributed by atoms with van der Waals surface area (Å²) in [5.74, 6) is 0.635. The van der Waals surface area contributed by atoms with Crippen LogP contribution in [0.1, 0.15) is 24.7 Å². The number of benzene rings is 1. The molecule has 1 aromatic heterocycles. The molecule has 1 heterocycles. The Morgan fingerprint density at radius 3 is 2.70 bits per heavy atom. The van der Waals surface area contributed by atoms with Gasteiger partial charge in [0, 0.05) is 37.5 Å². The fourth-order valence-corrected chi connectivity index (χ4v) is 2.24. The molecule has 23 heavy (non-hydrogen) atoms. The van der Waals surface area contributed by atoms with E-state index in [-0.39, 0.29) is 18.2 Å². The van der Waals surface area contributed by atoms with Crippen LogP contribution in [0.25, 0.3) is 0 Å². The van der Waals surface area contributed by atoms with E-state index in [9.17, 15) is 9.59 Å². The van der Waals surface area contributed by atoms with Crippen molar-refractivity contribution in [2.24, 2.45) is 0 Å². The Bertz CT molecular complexity index is 699. The summed E-state index contributed by atoms with van der Waals surface area (Å²) in [4.78, 5) is 25.2. The van der Waals surface area contributed by atoms with E-state index in [0.29, 0.717) is 29.7 Å². The minimum absolute atomic E-state index is 0.116. The van der Waals surface area contributed by atoms with Gasteiger partial charge in [-0.25, -0.2) is 0 Å². The van der Waals surface area contributed by atoms with Gasteiger partial charge in [-0.2, -0.15) is 0 Å². The van der Waals surface area contributed by atoms with E-state index in [0.717, 1.165) is 5.56 Å². The molecule has 6 nitrogen and oxygen atoms in total. The summed E-state index contributed by atoms with van der Waals surface area (Å²) in [7, 11) is 0. The first-order valence-electron chi connectivity index (χ1n) is 7.18. The molecule has 0 unspecified atom stereocenters. The second kappa shape index (κ2) is 7.78. The van der Waals surface area contributed by atoms with E-state index >= 15 is 0 Å². The van der Waals surface area contributed by atoms with Crippen LogP contribution in [0.2, 0.25) is 5.02 Å². The number of rotatable bonds is 6. The fourth-order valence-electron chi connectivity index (χ4n) is 2.05. The number of nitrogens with zero attached hydrogens (tertiary/aromatic N) is 2. The molecule has 2 rings (SSSR count). The minimum Gasteiger partial charge on any atom is -0.360 e. The van der Waals surface area contributed by atoms with Gasteiger partial charge < -0.3 is 14.7 Å². The second-order valence-corrected chi connectivity index (χ2v) is 5.56. The van der Waals surface area contributed by atoms with Gasteiger partial charge in [-0.05, 0) is 18.6 Å². The van der Waals surface area contributed by atoms with Crippen molar-refractivity contribution in [2.45, 2.75) is 26.8 Å². The maximum Gasteiger partial charge on any atom is 0.227 e. The molecule has 0 fully saturated rings. The SMILES string of the molecule is CC(=O)N(CCC(=O)Nc1cc(C)on1)Cc1ccccc1Cl. The highest BCUT2D eigenvalue weighted by atomic mass is 35.5. The van der Waals surface area contributed by atoms with E-state index in [4.69, 9.17) is 16.1 Å². The average molecular weight is 336 g/mol. The molecule has 0 aliphatic heterocycles. The van der Waals surface area contributed by atoms with Gasteiger partial charge in [-0.3, -0.25) is 9.59 Å². The Morgan fingerprint density at radius 1 is 1.35 bits per heavy atom. The molecule has 1 aromatic carbocycles. The van der Waals surface area contributed by atoms with Crippen molar-refractivity contribution in [1.29, 1.82) is 0 Å². The molecule has 0 radical (unpaired) electrons. The molecular formula is C16H18ClN3O3. The first-order chi connectivity index (χ1) is 11.0. The average Bonchev–Trinajstić information content (AvgIpc) is 2.90. The zero-order chi connectivity index (χ0) is 16.8. The highest BCUT2D eigenvalue weighted by Gasteiger charge is 2.14. The number of aromatic nitrogens is 1. The minimum atomic E-state index is -0.233. The number of carbonyl (C=O) groups is 2. The van der Waals surface area contributed by atoms with E-state index in [1.54, 1.807) is 24.0 Å². The molecule has 0 spiro atoms. The molecule has 0 saturated carbocycles. The van der Waals surface area contributed by atoms with Crippen LogP contribution in [-0.4, -0.2) is 28.4 Å². The number of hydrogen-bond donors (Lipinski definition) is 1. The molecule has 2 amide bonds. The summed E-state index contributed by atoms with van der Waals surface area (Å²) in [5, 5.41) is 6.92. The first-order valence-corrected chi connectivity index (χ1v) is 7.55. The van der Waals surface area contributed by atoms with Crippen LogP contribution in [0.15, 0.2) is 34.9 Å². The Labute approximate surface area is 139 Å². The van der Waals surface area contributed by atoms with Gasteiger partial charge >= 0.3 is 0 Å². The quantitative estimate of drug-likeness (QED) is 0.880. The van der Waals surface area contributed by atoms with E-state index in [1.807, 2.05) is 18.2 Å². The van der Waals surface area contributed by atoms with Crippen LogP contribution < -0.4 is 5.32 Å². The standard InChI is InChI=1S/C16H18ClN3O3/c1-11-9-15(19-23-11)18-16(22)7-8-20(12(2)21)10-13-5-3-4-6-14(13)17/h3-6,9H,7-8,10H2,1-2H3,(H,18,19,22). The van der Waals surface area contributed by atoms with E-state index < -0.39 is 0 Å². The molecule has 2 aromatic rings. The van der Waals surface area contributed by atoms with Gasteiger partial charge in [0.25, 0.3) is 0 Å². The zero-order valence-corrected chi connectivity index (χ0v) is 13.8. The molecule has 122 valence electrons. The third-order valence-corrected chi connectivity index (χ3v) is 3.64. The van der Waals surface area contributed by atoms with Crippen LogP contribution >= 0.6 is 11.6 Å². The van der Waals surface area contributed by atoms with Gasteiger partial charge in [0.2, 0.25) is 11.8 Å². The third kappa shape index (κ3) is 5.10. The third-order valence-electron chi connectivity index (χ3n) is 3.27. The maximum atomic E-state index is 11.9. The fraction of sp³-hybridized carbons (Fsp3) is 0.312. The monoisotopic (exact) mass is 335 g/mol. The predicted molar refractivity (Wildman–Crippen MR) is 87.0 cm³/mol. The van der Waals surface area contributed by atoms with Crippen molar-refractivity contribution >= 4 is 29.2 Å². The topological polar surface area (TPSA) is 75.4 Å². The van der Waals surface area contributed by atoms with Crippen molar-refractivity contribution in [3.63, 3.8) is 0 Å².